The molecule has 25 heavy (non-hydrogen) atoms. The van der Waals surface area contributed by atoms with Crippen molar-refractivity contribution in [2.45, 2.75) is 58.0 Å². The van der Waals surface area contributed by atoms with Gasteiger partial charge in [0.2, 0.25) is 0 Å². The SMILES string of the molecule is COC(=O)CCc1ccccc1C1CCN(C(=O)OC(C)(C)C)CC1. The van der Waals surface area contributed by atoms with Gasteiger partial charge in [-0.15, -0.1) is 0 Å². The Hall–Kier alpha value is -2.04. The summed E-state index contributed by atoms with van der Waals surface area (Å²) in [7, 11) is 1.42. The van der Waals surface area contributed by atoms with Gasteiger partial charge in [0, 0.05) is 19.5 Å². The van der Waals surface area contributed by atoms with Crippen LogP contribution in [-0.2, 0) is 20.7 Å². The number of methoxy groups -OCH3 is 1. The summed E-state index contributed by atoms with van der Waals surface area (Å²) in [6.45, 7) is 7.05. The van der Waals surface area contributed by atoms with Crippen molar-refractivity contribution in [3.8, 4) is 0 Å². The summed E-state index contributed by atoms with van der Waals surface area (Å²) in [6, 6.07) is 8.27. The lowest BCUT2D eigenvalue weighted by Crippen LogP contribution is -2.41. The van der Waals surface area contributed by atoms with E-state index >= 15 is 0 Å². The van der Waals surface area contributed by atoms with Crippen LogP contribution in [0.1, 0.15) is 57.1 Å². The van der Waals surface area contributed by atoms with E-state index in [1.54, 1.807) is 4.90 Å². The zero-order valence-corrected chi connectivity index (χ0v) is 15.7. The number of carbonyl (C=O) groups excluding carboxylic acids is 2. The van der Waals surface area contributed by atoms with Crippen molar-refractivity contribution in [2.24, 2.45) is 0 Å². The number of esters is 1. The van der Waals surface area contributed by atoms with Crippen LogP contribution >= 0.6 is 0 Å². The molecule has 1 aromatic carbocycles. The second kappa shape index (κ2) is 8.37. The molecule has 138 valence electrons. The summed E-state index contributed by atoms with van der Waals surface area (Å²) in [4.78, 5) is 25.4. The minimum atomic E-state index is -0.464. The number of amides is 1. The Kier molecular flexibility index (Phi) is 6.45. The van der Waals surface area contributed by atoms with E-state index in [1.165, 1.54) is 18.2 Å². The van der Waals surface area contributed by atoms with Crippen molar-refractivity contribution in [1.29, 1.82) is 0 Å². The first kappa shape index (κ1) is 19.3. The molecule has 5 heteroatoms. The van der Waals surface area contributed by atoms with Crippen molar-refractivity contribution in [1.82, 2.24) is 4.90 Å². The first-order valence-corrected chi connectivity index (χ1v) is 8.92. The Morgan fingerprint density at radius 2 is 1.80 bits per heavy atom. The van der Waals surface area contributed by atoms with Gasteiger partial charge >= 0.3 is 12.1 Å². The molecule has 5 nitrogen and oxygen atoms in total. The van der Waals surface area contributed by atoms with Crippen LogP contribution in [0.15, 0.2) is 24.3 Å². The van der Waals surface area contributed by atoms with Gasteiger partial charge in [0.25, 0.3) is 0 Å². The van der Waals surface area contributed by atoms with Gasteiger partial charge in [0.15, 0.2) is 0 Å². The van der Waals surface area contributed by atoms with Crippen LogP contribution in [0.4, 0.5) is 4.79 Å². The molecule has 1 heterocycles. The first-order valence-electron chi connectivity index (χ1n) is 8.92. The Bertz CT molecular complexity index is 598. The fraction of sp³-hybridized carbons (Fsp3) is 0.600. The molecule has 1 aliphatic rings. The average Bonchev–Trinajstić information content (AvgIpc) is 2.58. The molecule has 1 aromatic rings. The maximum Gasteiger partial charge on any atom is 0.410 e. The molecule has 1 amide bonds. The number of carbonyl (C=O) groups is 2. The lowest BCUT2D eigenvalue weighted by atomic mass is 9.85. The monoisotopic (exact) mass is 347 g/mol. The van der Waals surface area contributed by atoms with E-state index in [2.05, 4.69) is 12.1 Å². The highest BCUT2D eigenvalue weighted by molar-refractivity contribution is 5.69. The van der Waals surface area contributed by atoms with E-state index < -0.39 is 5.60 Å². The first-order chi connectivity index (χ1) is 11.8. The number of hydrogen-bond donors (Lipinski definition) is 0. The molecule has 1 aliphatic heterocycles. The van der Waals surface area contributed by atoms with Crippen LogP contribution < -0.4 is 0 Å². The fourth-order valence-electron chi connectivity index (χ4n) is 3.20. The smallest absolute Gasteiger partial charge is 0.410 e. The van der Waals surface area contributed by atoms with Gasteiger partial charge in [-0.25, -0.2) is 4.79 Å². The van der Waals surface area contributed by atoms with Crippen molar-refractivity contribution in [2.75, 3.05) is 20.2 Å². The molecule has 0 unspecified atom stereocenters. The predicted octanol–water partition coefficient (Wildman–Crippen LogP) is 3.91. The quantitative estimate of drug-likeness (QED) is 0.775. The number of piperidine rings is 1. The Balaban J connectivity index is 1.96. The lowest BCUT2D eigenvalue weighted by Gasteiger charge is -2.34. The lowest BCUT2D eigenvalue weighted by molar-refractivity contribution is -0.140. The van der Waals surface area contributed by atoms with Gasteiger partial charge in [-0.3, -0.25) is 4.79 Å². The molecule has 0 aliphatic carbocycles. The van der Waals surface area contributed by atoms with Crippen LogP contribution in [0.2, 0.25) is 0 Å². The summed E-state index contributed by atoms with van der Waals surface area (Å²) in [5, 5.41) is 0. The molecular weight excluding hydrogens is 318 g/mol. The number of hydrogen-bond acceptors (Lipinski definition) is 4. The maximum atomic E-state index is 12.2. The molecule has 0 radical (unpaired) electrons. The summed E-state index contributed by atoms with van der Waals surface area (Å²) < 4.78 is 10.2. The zero-order chi connectivity index (χ0) is 18.4. The van der Waals surface area contributed by atoms with Gasteiger partial charge in [-0.2, -0.15) is 0 Å². The maximum absolute atomic E-state index is 12.2. The molecule has 1 fully saturated rings. The summed E-state index contributed by atoms with van der Waals surface area (Å²) in [5.41, 5.74) is 2.02. The van der Waals surface area contributed by atoms with Crippen molar-refractivity contribution < 1.29 is 19.1 Å². The minimum absolute atomic E-state index is 0.186. The predicted molar refractivity (Wildman–Crippen MR) is 96.6 cm³/mol. The third-order valence-corrected chi connectivity index (χ3v) is 4.47. The molecule has 0 atom stereocenters. The molecule has 0 aromatic heterocycles. The van der Waals surface area contributed by atoms with Gasteiger partial charge in [0.1, 0.15) is 5.60 Å². The Morgan fingerprint density at radius 3 is 2.40 bits per heavy atom. The van der Waals surface area contributed by atoms with Crippen LogP contribution in [-0.4, -0.2) is 42.8 Å². The second-order valence-electron chi connectivity index (χ2n) is 7.52. The molecule has 0 saturated carbocycles. The zero-order valence-electron chi connectivity index (χ0n) is 15.7. The number of likely N-dealkylation sites (tertiary alicyclic amines) is 1. The fourth-order valence-corrected chi connectivity index (χ4v) is 3.20. The number of benzene rings is 1. The third-order valence-electron chi connectivity index (χ3n) is 4.47. The van der Waals surface area contributed by atoms with E-state index in [0.717, 1.165) is 12.8 Å². The van der Waals surface area contributed by atoms with E-state index in [1.807, 2.05) is 32.9 Å². The molecule has 0 spiro atoms. The topological polar surface area (TPSA) is 55.8 Å². The second-order valence-corrected chi connectivity index (χ2v) is 7.52. The van der Waals surface area contributed by atoms with Crippen molar-refractivity contribution in [3.05, 3.63) is 35.4 Å². The van der Waals surface area contributed by atoms with Gasteiger partial charge < -0.3 is 14.4 Å². The van der Waals surface area contributed by atoms with Crippen molar-refractivity contribution >= 4 is 12.1 Å². The largest absolute Gasteiger partial charge is 0.469 e. The highest BCUT2D eigenvalue weighted by Gasteiger charge is 2.28. The molecule has 0 bridgehead atoms. The van der Waals surface area contributed by atoms with Gasteiger partial charge in [0.05, 0.1) is 7.11 Å². The molecule has 2 rings (SSSR count). The van der Waals surface area contributed by atoms with Gasteiger partial charge in [-0.1, -0.05) is 24.3 Å². The van der Waals surface area contributed by atoms with Gasteiger partial charge in [-0.05, 0) is 57.1 Å². The van der Waals surface area contributed by atoms with E-state index in [9.17, 15) is 9.59 Å². The van der Waals surface area contributed by atoms with Crippen LogP contribution in [0, 0.1) is 0 Å². The molecular formula is C20H29NO4. The van der Waals surface area contributed by atoms with Crippen molar-refractivity contribution in [3.63, 3.8) is 0 Å². The van der Waals surface area contributed by atoms with E-state index in [4.69, 9.17) is 9.47 Å². The minimum Gasteiger partial charge on any atom is -0.469 e. The highest BCUT2D eigenvalue weighted by Crippen LogP contribution is 2.31. The normalized spacial score (nSPS) is 15.8. The number of rotatable bonds is 4. The summed E-state index contributed by atoms with van der Waals surface area (Å²) >= 11 is 0. The van der Waals surface area contributed by atoms with E-state index in [-0.39, 0.29) is 12.1 Å². The number of aryl methyl sites for hydroxylation is 1. The highest BCUT2D eigenvalue weighted by atomic mass is 16.6. The molecule has 0 N–H and O–H groups in total. The Labute approximate surface area is 150 Å². The number of nitrogens with zero attached hydrogens (tertiary/aromatic N) is 1. The summed E-state index contributed by atoms with van der Waals surface area (Å²) in [6.07, 6.45) is 2.67. The standard InChI is InChI=1S/C20H29NO4/c1-20(2,3)25-19(23)21-13-11-16(12-14-21)17-8-6-5-7-15(17)9-10-18(22)24-4/h5-8,16H,9-14H2,1-4H3. The Morgan fingerprint density at radius 1 is 1.16 bits per heavy atom. The average molecular weight is 347 g/mol. The molecule has 1 saturated heterocycles. The van der Waals surface area contributed by atoms with Crippen LogP contribution in [0.5, 0.6) is 0 Å². The van der Waals surface area contributed by atoms with Crippen LogP contribution in [0.25, 0.3) is 0 Å². The number of ether oxygens (including phenoxy) is 2. The van der Waals surface area contributed by atoms with Crippen LogP contribution in [0.3, 0.4) is 0 Å². The third kappa shape index (κ3) is 5.76. The summed E-state index contributed by atoms with van der Waals surface area (Å²) in [5.74, 6) is 0.224. The van der Waals surface area contributed by atoms with E-state index in [0.29, 0.717) is 31.8 Å².